The number of nitrogens with two attached hydrogens (primary N) is 1. The van der Waals surface area contributed by atoms with Crippen LogP contribution < -0.4 is 15.9 Å². The molecule has 4 aliphatic rings. The highest BCUT2D eigenvalue weighted by Crippen LogP contribution is 2.33. The Balaban J connectivity index is 0.691. The zero-order valence-corrected chi connectivity index (χ0v) is 33.4. The molecule has 4 aromatic rings. The number of ether oxygens (including phenoxy) is 3. The monoisotopic (exact) mass is 815 g/mol. The summed E-state index contributed by atoms with van der Waals surface area (Å²) in [6.07, 6.45) is 4.85. The van der Waals surface area contributed by atoms with Crippen LogP contribution >= 0.6 is 0 Å². The second-order valence-corrected chi connectivity index (χ2v) is 15.5. The van der Waals surface area contributed by atoms with E-state index in [1.54, 1.807) is 29.2 Å². The van der Waals surface area contributed by atoms with Crippen molar-refractivity contribution < 1.29 is 33.1 Å². The molecule has 60 heavy (non-hydrogen) atoms. The third-order valence-electron chi connectivity index (χ3n) is 11.6. The Hall–Kier alpha value is -5.99. The van der Waals surface area contributed by atoms with E-state index in [4.69, 9.17) is 30.0 Å². The fourth-order valence-electron chi connectivity index (χ4n) is 8.32. The fourth-order valence-corrected chi connectivity index (χ4v) is 8.32. The van der Waals surface area contributed by atoms with Gasteiger partial charge < -0.3 is 39.3 Å². The number of benzene rings is 3. The average Bonchev–Trinajstić information content (AvgIpc) is 3.83. The summed E-state index contributed by atoms with van der Waals surface area (Å²) < 4.78 is 24.3. The molecule has 3 amide bonds. The number of hydrogen-bond acceptors (Lipinski definition) is 12. The number of fused-ring (bicyclic) bond motifs is 2. The summed E-state index contributed by atoms with van der Waals surface area (Å²) in [6.45, 7) is 7.59. The minimum absolute atomic E-state index is 0.0397. The van der Waals surface area contributed by atoms with Crippen LogP contribution in [0.25, 0.3) is 22.2 Å². The minimum atomic E-state index is -0.629. The van der Waals surface area contributed by atoms with Crippen LogP contribution in [-0.4, -0.2) is 121 Å². The van der Waals surface area contributed by atoms with Crippen LogP contribution in [0.2, 0.25) is 0 Å². The van der Waals surface area contributed by atoms with Gasteiger partial charge in [-0.3, -0.25) is 25.1 Å². The smallest absolute Gasteiger partial charge is 0.255 e. The van der Waals surface area contributed by atoms with Gasteiger partial charge in [0.2, 0.25) is 11.8 Å². The van der Waals surface area contributed by atoms with Crippen LogP contribution in [0.1, 0.15) is 65.6 Å². The molecule has 3 aromatic carbocycles. The van der Waals surface area contributed by atoms with Crippen LogP contribution in [0.4, 0.5) is 0 Å². The van der Waals surface area contributed by atoms with E-state index < -0.39 is 11.9 Å². The van der Waals surface area contributed by atoms with Gasteiger partial charge in [-0.15, -0.1) is 5.11 Å². The number of amides is 3. The summed E-state index contributed by atoms with van der Waals surface area (Å²) in [5, 5.41) is 22.2. The van der Waals surface area contributed by atoms with Crippen molar-refractivity contribution in [3.63, 3.8) is 0 Å². The Morgan fingerprint density at radius 3 is 2.50 bits per heavy atom. The number of hydrogen-bond donors (Lipinski definition) is 3. The lowest BCUT2D eigenvalue weighted by molar-refractivity contribution is -0.136. The zero-order chi connectivity index (χ0) is 41.4. The first-order valence-electron chi connectivity index (χ1n) is 20.6. The SMILES string of the molecule is N=C(N=NN)c1ccc2noc(-c3cccc(OC4CCN(CCOC5CCN(CCOCC#Cc6ccc7c(c6)CN(C6CCC(=O)NC6=O)C7=O)CC5)CC4)c3)c2c1. The van der Waals surface area contributed by atoms with Crippen LogP contribution in [0.3, 0.4) is 0 Å². The number of aromatic nitrogens is 1. The Bertz CT molecular complexity index is 2320. The van der Waals surface area contributed by atoms with Gasteiger partial charge >= 0.3 is 0 Å². The number of carbonyl (C=O) groups excluding carboxylic acids is 3. The Morgan fingerprint density at radius 2 is 1.72 bits per heavy atom. The predicted molar refractivity (Wildman–Crippen MR) is 221 cm³/mol. The number of nitrogens with one attached hydrogen (secondary N) is 2. The summed E-state index contributed by atoms with van der Waals surface area (Å²) >= 11 is 0. The summed E-state index contributed by atoms with van der Waals surface area (Å²) in [5.74, 6) is 11.8. The number of carbonyl (C=O) groups is 3. The summed E-state index contributed by atoms with van der Waals surface area (Å²) in [5.41, 5.74) is 4.29. The van der Waals surface area contributed by atoms with Crippen LogP contribution in [0.5, 0.6) is 5.75 Å². The number of likely N-dealkylation sites (tertiary alicyclic amines) is 2. The van der Waals surface area contributed by atoms with Gasteiger partial charge in [0.05, 0.1) is 24.7 Å². The molecule has 8 rings (SSSR count). The van der Waals surface area contributed by atoms with Gasteiger partial charge in [-0.05, 0) is 86.2 Å². The number of imide groups is 1. The number of amidine groups is 1. The van der Waals surface area contributed by atoms with Crippen LogP contribution in [0, 0.1) is 17.3 Å². The van der Waals surface area contributed by atoms with Gasteiger partial charge in [0.15, 0.2) is 11.6 Å². The molecule has 1 atom stereocenters. The molecule has 3 fully saturated rings. The van der Waals surface area contributed by atoms with Gasteiger partial charge in [-0.2, -0.15) is 0 Å². The van der Waals surface area contributed by atoms with Gasteiger partial charge in [-0.25, -0.2) is 0 Å². The summed E-state index contributed by atoms with van der Waals surface area (Å²) in [7, 11) is 0. The first kappa shape index (κ1) is 40.8. The standard InChI is InChI=1S/C44H49N9O7/c45-42(48-50-46)31-7-9-38-37(27-31)41(60-49-38)30-4-1-5-35(26-30)59-34-14-18-52(19-15-34)21-24-58-33-12-16-51(17-13-33)20-23-57-22-2-3-29-6-8-36-32(25-29)28-53(44(36)56)39-10-11-40(54)47-43(39)55/h1,4-9,25-27,33-34,39H,10-24,28H2,(H3,45,46,48)(H,47,54,55). The molecular formula is C44H49N9O7. The second-order valence-electron chi connectivity index (χ2n) is 15.5. The summed E-state index contributed by atoms with van der Waals surface area (Å²) in [6, 6.07) is 18.0. The van der Waals surface area contributed by atoms with E-state index in [2.05, 4.69) is 42.5 Å². The van der Waals surface area contributed by atoms with Crippen molar-refractivity contribution in [2.45, 2.75) is 63.3 Å². The lowest BCUT2D eigenvalue weighted by Crippen LogP contribution is -2.52. The molecule has 0 spiro atoms. The zero-order valence-electron chi connectivity index (χ0n) is 33.4. The molecule has 1 aromatic heterocycles. The minimum Gasteiger partial charge on any atom is -0.490 e. The molecule has 4 aliphatic heterocycles. The third-order valence-corrected chi connectivity index (χ3v) is 11.6. The fraction of sp³-hybridized carbons (Fsp3) is 0.432. The molecule has 0 radical (unpaired) electrons. The Labute approximate surface area is 347 Å². The van der Waals surface area contributed by atoms with Crippen molar-refractivity contribution >= 4 is 34.5 Å². The molecule has 3 saturated heterocycles. The predicted octanol–water partition coefficient (Wildman–Crippen LogP) is 4.30. The Kier molecular flexibility index (Phi) is 12.9. The first-order chi connectivity index (χ1) is 29.3. The second kappa shape index (κ2) is 18.9. The maximum atomic E-state index is 12.9. The molecule has 0 saturated carbocycles. The molecule has 4 N–H and O–H groups in total. The lowest BCUT2D eigenvalue weighted by Gasteiger charge is -2.34. The molecule has 16 heteroatoms. The van der Waals surface area contributed by atoms with E-state index in [1.807, 2.05) is 36.4 Å². The van der Waals surface area contributed by atoms with Crippen molar-refractivity contribution in [2.75, 3.05) is 59.1 Å². The van der Waals surface area contributed by atoms with Crippen molar-refractivity contribution in [1.82, 2.24) is 25.2 Å². The van der Waals surface area contributed by atoms with Gasteiger partial charge in [-0.1, -0.05) is 34.4 Å². The number of nitrogens with zero attached hydrogens (tertiary/aromatic N) is 6. The molecule has 5 heterocycles. The molecule has 16 nitrogen and oxygen atoms in total. The molecule has 0 aliphatic carbocycles. The molecular weight excluding hydrogens is 767 g/mol. The van der Waals surface area contributed by atoms with Gasteiger partial charge in [0.25, 0.3) is 5.91 Å². The van der Waals surface area contributed by atoms with Crippen molar-refractivity contribution in [3.05, 3.63) is 82.9 Å². The van der Waals surface area contributed by atoms with Crippen molar-refractivity contribution in [1.29, 1.82) is 5.41 Å². The maximum Gasteiger partial charge on any atom is 0.255 e. The van der Waals surface area contributed by atoms with Crippen molar-refractivity contribution in [3.8, 4) is 28.9 Å². The van der Waals surface area contributed by atoms with Gasteiger partial charge in [0.1, 0.15) is 30.0 Å². The van der Waals surface area contributed by atoms with Gasteiger partial charge in [0, 0.05) is 74.5 Å². The highest BCUT2D eigenvalue weighted by atomic mass is 16.5. The summed E-state index contributed by atoms with van der Waals surface area (Å²) in [4.78, 5) is 43.2. The highest BCUT2D eigenvalue weighted by molar-refractivity contribution is 6.05. The quantitative estimate of drug-likeness (QED) is 0.0254. The normalized spacial score (nSPS) is 19.4. The van der Waals surface area contributed by atoms with Crippen LogP contribution in [-0.2, 0) is 25.6 Å². The average molecular weight is 816 g/mol. The van der Waals surface area contributed by atoms with Crippen molar-refractivity contribution in [2.24, 2.45) is 16.2 Å². The molecule has 312 valence electrons. The Morgan fingerprint density at radius 1 is 0.933 bits per heavy atom. The van der Waals surface area contributed by atoms with E-state index in [0.717, 1.165) is 99.4 Å². The highest BCUT2D eigenvalue weighted by Gasteiger charge is 2.39. The van der Waals surface area contributed by atoms with E-state index in [-0.39, 0.29) is 36.3 Å². The van der Waals surface area contributed by atoms with E-state index >= 15 is 0 Å². The van der Waals surface area contributed by atoms with E-state index in [0.29, 0.717) is 48.6 Å². The first-order valence-corrected chi connectivity index (χ1v) is 20.6. The lowest BCUT2D eigenvalue weighted by atomic mass is 10.0. The maximum absolute atomic E-state index is 12.9. The third kappa shape index (κ3) is 9.72. The largest absolute Gasteiger partial charge is 0.490 e. The number of rotatable bonds is 13. The van der Waals surface area contributed by atoms with Crippen LogP contribution in [0.15, 0.2) is 75.5 Å². The van der Waals surface area contributed by atoms with E-state index in [9.17, 15) is 14.4 Å². The molecule has 1 unspecified atom stereocenters. The molecule has 0 bridgehead atoms. The van der Waals surface area contributed by atoms with E-state index in [1.165, 1.54) is 0 Å². The number of piperidine rings is 3. The topological polar surface area (TPSA) is 201 Å².